The summed E-state index contributed by atoms with van der Waals surface area (Å²) in [6, 6.07) is 7.75. The van der Waals surface area contributed by atoms with Crippen molar-refractivity contribution in [3.8, 4) is 10.6 Å². The number of carbonyl (C=O) groups is 2. The van der Waals surface area contributed by atoms with E-state index in [2.05, 4.69) is 4.98 Å². The number of anilines is 1. The van der Waals surface area contributed by atoms with Crippen molar-refractivity contribution in [3.05, 3.63) is 57.7 Å². The van der Waals surface area contributed by atoms with E-state index in [4.69, 9.17) is 5.73 Å². The fourth-order valence-electron chi connectivity index (χ4n) is 2.75. The highest BCUT2D eigenvalue weighted by atomic mass is 32.1. The van der Waals surface area contributed by atoms with Crippen molar-refractivity contribution in [2.45, 2.75) is 0 Å². The Morgan fingerprint density at radius 2 is 2.04 bits per heavy atom. The van der Waals surface area contributed by atoms with Crippen LogP contribution in [0.15, 0.2) is 47.3 Å². The topological polar surface area (TPSA) is 96.5 Å². The quantitative estimate of drug-likeness (QED) is 0.531. The van der Waals surface area contributed by atoms with Crippen LogP contribution in [0.4, 0.5) is 10.5 Å². The lowest BCUT2D eigenvalue weighted by Crippen LogP contribution is -2.37. The molecule has 0 saturated heterocycles. The number of hydrogen-bond donors (Lipinski definition) is 2. The second-order valence-electron chi connectivity index (χ2n) is 5.25. The first-order chi connectivity index (χ1) is 12.1. The number of nitrogens with zero attached hydrogens (tertiary/aromatic N) is 2. The van der Waals surface area contributed by atoms with Crippen LogP contribution in [0.1, 0.15) is 10.4 Å². The van der Waals surface area contributed by atoms with Gasteiger partial charge < -0.3 is 10.8 Å². The molecule has 0 spiro atoms. The molecule has 3 heterocycles. The summed E-state index contributed by atoms with van der Waals surface area (Å²) in [5.74, 6) is -0.800. The minimum absolute atomic E-state index is 0.0645. The molecule has 0 atom stereocenters. The molecular weight excluding hydrogens is 358 g/mol. The van der Waals surface area contributed by atoms with Gasteiger partial charge in [0.25, 0.3) is 5.91 Å². The molecule has 4 rings (SSSR count). The molecule has 1 aromatic carbocycles. The number of carbonyl (C=O) groups excluding carboxylic acids is 2. The van der Waals surface area contributed by atoms with Gasteiger partial charge in [0.1, 0.15) is 10.8 Å². The van der Waals surface area contributed by atoms with Gasteiger partial charge in [-0.15, -0.1) is 22.7 Å². The standard InChI is InChI=1S/C17H11N3O3S2/c18-17(23)20-11-4-3-9(15-19-5-7-25-15)8-10(11)13(16(20)22)14(21)12-2-1-6-24-12/h1-8,21H,(H2,18,23). The summed E-state index contributed by atoms with van der Waals surface area (Å²) in [6.07, 6.45) is 1.69. The lowest BCUT2D eigenvalue weighted by atomic mass is 10.0. The van der Waals surface area contributed by atoms with E-state index in [1.54, 1.807) is 41.9 Å². The Labute approximate surface area is 150 Å². The van der Waals surface area contributed by atoms with E-state index in [0.29, 0.717) is 16.1 Å². The van der Waals surface area contributed by atoms with Crippen molar-refractivity contribution in [3.63, 3.8) is 0 Å². The van der Waals surface area contributed by atoms with E-state index in [0.717, 1.165) is 15.5 Å². The summed E-state index contributed by atoms with van der Waals surface area (Å²) in [7, 11) is 0. The van der Waals surface area contributed by atoms with Gasteiger partial charge in [-0.3, -0.25) is 4.79 Å². The summed E-state index contributed by atoms with van der Waals surface area (Å²) in [6.45, 7) is 0. The first-order valence-corrected chi connectivity index (χ1v) is 8.99. The Kier molecular flexibility index (Phi) is 3.63. The maximum atomic E-state index is 12.7. The summed E-state index contributed by atoms with van der Waals surface area (Å²) < 4.78 is 0. The summed E-state index contributed by atoms with van der Waals surface area (Å²) in [4.78, 5) is 30.2. The smallest absolute Gasteiger partial charge is 0.326 e. The Morgan fingerprint density at radius 3 is 2.68 bits per heavy atom. The van der Waals surface area contributed by atoms with Crippen LogP contribution in [0.2, 0.25) is 0 Å². The highest BCUT2D eigenvalue weighted by Crippen LogP contribution is 2.42. The Hall–Kier alpha value is -2.97. The SMILES string of the molecule is NC(=O)N1C(=O)C(=C(O)c2cccs2)c2cc(-c3nccs3)ccc21. The lowest BCUT2D eigenvalue weighted by Gasteiger charge is -2.11. The number of aliphatic hydroxyl groups is 1. The number of imide groups is 1. The molecule has 0 saturated carbocycles. The molecule has 25 heavy (non-hydrogen) atoms. The van der Waals surface area contributed by atoms with Crippen molar-refractivity contribution in [1.29, 1.82) is 0 Å². The minimum atomic E-state index is -0.887. The molecule has 1 aliphatic heterocycles. The van der Waals surface area contributed by atoms with Gasteiger partial charge in [-0.05, 0) is 29.6 Å². The van der Waals surface area contributed by atoms with E-state index in [1.807, 2.05) is 5.38 Å². The molecule has 0 radical (unpaired) electrons. The van der Waals surface area contributed by atoms with Gasteiger partial charge in [-0.25, -0.2) is 14.7 Å². The molecule has 0 bridgehead atoms. The number of thiazole rings is 1. The number of aliphatic hydroxyl groups excluding tert-OH is 1. The van der Waals surface area contributed by atoms with E-state index in [9.17, 15) is 14.7 Å². The molecule has 6 nitrogen and oxygen atoms in total. The normalized spacial score (nSPS) is 15.4. The van der Waals surface area contributed by atoms with E-state index < -0.39 is 11.9 Å². The number of hydrogen-bond acceptors (Lipinski definition) is 6. The van der Waals surface area contributed by atoms with Gasteiger partial charge in [0.15, 0.2) is 0 Å². The van der Waals surface area contributed by atoms with Gasteiger partial charge in [-0.1, -0.05) is 6.07 Å². The van der Waals surface area contributed by atoms with Crippen LogP contribution < -0.4 is 10.6 Å². The zero-order valence-corrected chi connectivity index (χ0v) is 14.3. The third-order valence-electron chi connectivity index (χ3n) is 3.81. The molecule has 1 aliphatic rings. The first-order valence-electron chi connectivity index (χ1n) is 7.23. The molecule has 0 unspecified atom stereocenters. The second kappa shape index (κ2) is 5.83. The number of rotatable bonds is 2. The molecule has 124 valence electrons. The van der Waals surface area contributed by atoms with Gasteiger partial charge in [0.2, 0.25) is 0 Å². The minimum Gasteiger partial charge on any atom is -0.506 e. The van der Waals surface area contributed by atoms with Crippen LogP contribution in [0.25, 0.3) is 21.9 Å². The van der Waals surface area contributed by atoms with Crippen LogP contribution in [0.3, 0.4) is 0 Å². The molecule has 3 aromatic rings. The molecule has 3 N–H and O–H groups in total. The zero-order valence-electron chi connectivity index (χ0n) is 12.7. The summed E-state index contributed by atoms with van der Waals surface area (Å²) >= 11 is 2.76. The Balaban J connectivity index is 1.96. The Bertz CT molecular complexity index is 1010. The van der Waals surface area contributed by atoms with Crippen LogP contribution in [-0.2, 0) is 4.79 Å². The van der Waals surface area contributed by atoms with E-state index >= 15 is 0 Å². The second-order valence-corrected chi connectivity index (χ2v) is 7.09. The highest BCUT2D eigenvalue weighted by Gasteiger charge is 2.38. The molecule has 3 amide bonds. The average Bonchev–Trinajstić information content (AvgIpc) is 3.33. The van der Waals surface area contributed by atoms with E-state index in [-0.39, 0.29) is 11.3 Å². The van der Waals surface area contributed by atoms with Crippen LogP contribution >= 0.6 is 22.7 Å². The predicted molar refractivity (Wildman–Crippen MR) is 98.4 cm³/mol. The number of fused-ring (bicyclic) bond motifs is 1. The number of benzene rings is 1. The number of aromatic nitrogens is 1. The number of thiophene rings is 1. The molecule has 0 aliphatic carbocycles. The molecule has 0 fully saturated rings. The number of primary amides is 1. The fraction of sp³-hybridized carbons (Fsp3) is 0. The van der Waals surface area contributed by atoms with Crippen LogP contribution in [0.5, 0.6) is 0 Å². The average molecular weight is 369 g/mol. The summed E-state index contributed by atoms with van der Waals surface area (Å²) in [5.41, 5.74) is 7.05. The van der Waals surface area contributed by atoms with Crippen molar-refractivity contribution >= 4 is 51.6 Å². The van der Waals surface area contributed by atoms with Crippen molar-refractivity contribution in [1.82, 2.24) is 4.98 Å². The maximum absolute atomic E-state index is 12.7. The van der Waals surface area contributed by atoms with Crippen molar-refractivity contribution in [2.75, 3.05) is 4.90 Å². The van der Waals surface area contributed by atoms with Gasteiger partial charge in [-0.2, -0.15) is 0 Å². The number of nitrogens with two attached hydrogens (primary N) is 1. The zero-order chi connectivity index (χ0) is 17.6. The third-order valence-corrected chi connectivity index (χ3v) is 5.51. The lowest BCUT2D eigenvalue weighted by molar-refractivity contribution is -0.112. The van der Waals surface area contributed by atoms with Gasteiger partial charge >= 0.3 is 6.03 Å². The largest absolute Gasteiger partial charge is 0.506 e. The third kappa shape index (κ3) is 2.43. The number of amides is 3. The van der Waals surface area contributed by atoms with Crippen LogP contribution in [0, 0.1) is 0 Å². The predicted octanol–water partition coefficient (Wildman–Crippen LogP) is 3.72. The molecule has 2 aromatic heterocycles. The van der Waals surface area contributed by atoms with Crippen LogP contribution in [-0.4, -0.2) is 22.0 Å². The van der Waals surface area contributed by atoms with Crippen molar-refractivity contribution in [2.24, 2.45) is 5.73 Å². The van der Waals surface area contributed by atoms with Gasteiger partial charge in [0, 0.05) is 22.7 Å². The molecule has 8 heteroatoms. The highest BCUT2D eigenvalue weighted by molar-refractivity contribution is 7.13. The fourth-order valence-corrected chi connectivity index (χ4v) is 4.06. The van der Waals surface area contributed by atoms with Crippen molar-refractivity contribution < 1.29 is 14.7 Å². The monoisotopic (exact) mass is 369 g/mol. The first kappa shape index (κ1) is 15.6. The number of urea groups is 1. The molecular formula is C17H11N3O3S2. The maximum Gasteiger partial charge on any atom is 0.326 e. The van der Waals surface area contributed by atoms with E-state index in [1.165, 1.54) is 22.7 Å². The summed E-state index contributed by atoms with van der Waals surface area (Å²) in [5, 5.41) is 15.1. The Morgan fingerprint density at radius 1 is 1.20 bits per heavy atom. The van der Waals surface area contributed by atoms with Gasteiger partial charge in [0.05, 0.1) is 16.1 Å².